The van der Waals surface area contributed by atoms with Crippen molar-refractivity contribution in [2.45, 2.75) is 46.1 Å². The molecule has 0 aliphatic rings. The van der Waals surface area contributed by atoms with Crippen LogP contribution in [0.25, 0.3) is 0 Å². The van der Waals surface area contributed by atoms with Crippen LogP contribution >= 0.6 is 0 Å². The van der Waals surface area contributed by atoms with Crippen LogP contribution < -0.4 is 5.32 Å². The molecule has 2 rings (SSSR count). The number of hydrogen-bond acceptors (Lipinski definition) is 2. The summed E-state index contributed by atoms with van der Waals surface area (Å²) in [5.41, 5.74) is 5.46. The third-order valence-electron chi connectivity index (χ3n) is 3.94. The summed E-state index contributed by atoms with van der Waals surface area (Å²) in [5.74, 6) is 0. The first kappa shape index (κ1) is 15.7. The lowest BCUT2D eigenvalue weighted by molar-refractivity contribution is 0.504. The molecule has 1 heterocycles. The lowest BCUT2D eigenvalue weighted by atomic mass is 9.97. The smallest absolute Gasteiger partial charge is 0.0300 e. The van der Waals surface area contributed by atoms with Crippen LogP contribution in [0.5, 0.6) is 0 Å². The molecule has 1 atom stereocenters. The van der Waals surface area contributed by atoms with Crippen molar-refractivity contribution in [1.82, 2.24) is 10.3 Å². The fourth-order valence-corrected chi connectivity index (χ4v) is 2.58. The minimum Gasteiger partial charge on any atom is -0.313 e. The zero-order valence-corrected chi connectivity index (χ0v) is 13.4. The first-order chi connectivity index (χ1) is 10.2. The van der Waals surface area contributed by atoms with Gasteiger partial charge >= 0.3 is 0 Å². The SMILES string of the molecule is CCCNC(Cc1cccnc1)Cc1ccc(C)c(C)c1. The molecule has 0 amide bonds. The van der Waals surface area contributed by atoms with Crippen LogP contribution in [0.4, 0.5) is 0 Å². The summed E-state index contributed by atoms with van der Waals surface area (Å²) in [6.07, 6.45) is 7.07. The van der Waals surface area contributed by atoms with Gasteiger partial charge in [-0.25, -0.2) is 0 Å². The Morgan fingerprint density at radius 2 is 1.86 bits per heavy atom. The Hall–Kier alpha value is -1.67. The normalized spacial score (nSPS) is 12.3. The topological polar surface area (TPSA) is 24.9 Å². The van der Waals surface area contributed by atoms with E-state index in [1.54, 1.807) is 0 Å². The monoisotopic (exact) mass is 282 g/mol. The molecule has 0 aliphatic heterocycles. The third kappa shape index (κ3) is 4.98. The molecule has 1 N–H and O–H groups in total. The molecule has 0 radical (unpaired) electrons. The second-order valence-electron chi connectivity index (χ2n) is 5.84. The summed E-state index contributed by atoms with van der Waals surface area (Å²) in [6.45, 7) is 7.63. The van der Waals surface area contributed by atoms with Gasteiger partial charge in [-0.15, -0.1) is 0 Å². The lowest BCUT2D eigenvalue weighted by Crippen LogP contribution is -2.33. The minimum absolute atomic E-state index is 0.469. The van der Waals surface area contributed by atoms with Gasteiger partial charge in [0.2, 0.25) is 0 Å². The molecule has 1 aromatic carbocycles. The number of pyridine rings is 1. The first-order valence-electron chi connectivity index (χ1n) is 7.87. The van der Waals surface area contributed by atoms with E-state index in [4.69, 9.17) is 0 Å². The lowest BCUT2D eigenvalue weighted by Gasteiger charge is -2.19. The number of nitrogens with one attached hydrogen (secondary N) is 1. The Morgan fingerprint density at radius 3 is 2.52 bits per heavy atom. The molecule has 2 heteroatoms. The molecule has 112 valence electrons. The van der Waals surface area contributed by atoms with Crippen molar-refractivity contribution in [3.63, 3.8) is 0 Å². The second-order valence-corrected chi connectivity index (χ2v) is 5.84. The number of rotatable bonds is 7. The average molecular weight is 282 g/mol. The van der Waals surface area contributed by atoms with Gasteiger partial charge in [0, 0.05) is 18.4 Å². The van der Waals surface area contributed by atoms with E-state index in [9.17, 15) is 0 Å². The molecule has 2 aromatic rings. The highest BCUT2D eigenvalue weighted by Crippen LogP contribution is 2.13. The molecule has 0 saturated carbocycles. The van der Waals surface area contributed by atoms with E-state index < -0.39 is 0 Å². The summed E-state index contributed by atoms with van der Waals surface area (Å²) in [7, 11) is 0. The number of hydrogen-bond donors (Lipinski definition) is 1. The van der Waals surface area contributed by atoms with Gasteiger partial charge in [0.1, 0.15) is 0 Å². The van der Waals surface area contributed by atoms with E-state index in [0.29, 0.717) is 6.04 Å². The van der Waals surface area contributed by atoms with Crippen LogP contribution in [-0.4, -0.2) is 17.6 Å². The quantitative estimate of drug-likeness (QED) is 0.834. The summed E-state index contributed by atoms with van der Waals surface area (Å²) in [5, 5.41) is 3.67. The van der Waals surface area contributed by atoms with Gasteiger partial charge in [-0.2, -0.15) is 0 Å². The van der Waals surface area contributed by atoms with Crippen LogP contribution in [0.3, 0.4) is 0 Å². The van der Waals surface area contributed by atoms with Crippen molar-refractivity contribution >= 4 is 0 Å². The van der Waals surface area contributed by atoms with Gasteiger partial charge in [-0.1, -0.05) is 31.2 Å². The standard InChI is InChI=1S/C19H26N2/c1-4-9-21-19(13-18-6-5-10-20-14-18)12-17-8-7-15(2)16(3)11-17/h5-8,10-11,14,19,21H,4,9,12-13H2,1-3H3. The van der Waals surface area contributed by atoms with Crippen LogP contribution in [0.2, 0.25) is 0 Å². The maximum absolute atomic E-state index is 4.22. The van der Waals surface area contributed by atoms with Gasteiger partial charge < -0.3 is 5.32 Å². The Balaban J connectivity index is 2.06. The zero-order chi connectivity index (χ0) is 15.1. The van der Waals surface area contributed by atoms with Gasteiger partial charge in [-0.3, -0.25) is 4.98 Å². The van der Waals surface area contributed by atoms with Crippen molar-refractivity contribution in [1.29, 1.82) is 0 Å². The molecule has 1 aromatic heterocycles. The molecule has 21 heavy (non-hydrogen) atoms. The van der Waals surface area contributed by atoms with E-state index >= 15 is 0 Å². The molecule has 0 fully saturated rings. The fraction of sp³-hybridized carbons (Fsp3) is 0.421. The van der Waals surface area contributed by atoms with Gasteiger partial charge in [0.25, 0.3) is 0 Å². The highest BCUT2D eigenvalue weighted by Gasteiger charge is 2.10. The summed E-state index contributed by atoms with van der Waals surface area (Å²) >= 11 is 0. The summed E-state index contributed by atoms with van der Waals surface area (Å²) < 4.78 is 0. The molecule has 0 spiro atoms. The molecular formula is C19H26N2. The Morgan fingerprint density at radius 1 is 1.05 bits per heavy atom. The van der Waals surface area contributed by atoms with Crippen LogP contribution in [0, 0.1) is 13.8 Å². The van der Waals surface area contributed by atoms with E-state index in [2.05, 4.69) is 55.3 Å². The zero-order valence-electron chi connectivity index (χ0n) is 13.4. The minimum atomic E-state index is 0.469. The Kier molecular flexibility index (Phi) is 5.94. The van der Waals surface area contributed by atoms with Gasteiger partial charge in [-0.05, 0) is 68.0 Å². The van der Waals surface area contributed by atoms with E-state index in [0.717, 1.165) is 25.8 Å². The van der Waals surface area contributed by atoms with Gasteiger partial charge in [0.05, 0.1) is 0 Å². The van der Waals surface area contributed by atoms with E-state index in [-0.39, 0.29) is 0 Å². The first-order valence-corrected chi connectivity index (χ1v) is 7.87. The molecule has 0 aliphatic carbocycles. The molecular weight excluding hydrogens is 256 g/mol. The number of aryl methyl sites for hydroxylation is 2. The number of aromatic nitrogens is 1. The fourth-order valence-electron chi connectivity index (χ4n) is 2.58. The van der Waals surface area contributed by atoms with Crippen molar-refractivity contribution in [3.8, 4) is 0 Å². The Labute approximate surface area is 128 Å². The van der Waals surface area contributed by atoms with Crippen molar-refractivity contribution < 1.29 is 0 Å². The predicted molar refractivity (Wildman–Crippen MR) is 89.6 cm³/mol. The highest BCUT2D eigenvalue weighted by atomic mass is 14.9. The maximum atomic E-state index is 4.22. The predicted octanol–water partition coefficient (Wildman–Crippen LogP) is 3.85. The third-order valence-corrected chi connectivity index (χ3v) is 3.94. The summed E-state index contributed by atoms with van der Waals surface area (Å²) in [4.78, 5) is 4.22. The maximum Gasteiger partial charge on any atom is 0.0300 e. The van der Waals surface area contributed by atoms with Crippen molar-refractivity contribution in [3.05, 3.63) is 65.0 Å². The van der Waals surface area contributed by atoms with Crippen LogP contribution in [-0.2, 0) is 12.8 Å². The van der Waals surface area contributed by atoms with Gasteiger partial charge in [0.15, 0.2) is 0 Å². The second kappa shape index (κ2) is 7.94. The Bertz CT molecular complexity index is 549. The summed E-state index contributed by atoms with van der Waals surface area (Å²) in [6, 6.07) is 11.4. The van der Waals surface area contributed by atoms with Crippen LogP contribution in [0.15, 0.2) is 42.7 Å². The largest absolute Gasteiger partial charge is 0.313 e. The van der Waals surface area contributed by atoms with Crippen molar-refractivity contribution in [2.75, 3.05) is 6.54 Å². The van der Waals surface area contributed by atoms with E-state index in [1.807, 2.05) is 18.5 Å². The number of benzene rings is 1. The highest BCUT2D eigenvalue weighted by molar-refractivity contribution is 5.30. The molecule has 0 saturated heterocycles. The molecule has 1 unspecified atom stereocenters. The molecule has 0 bridgehead atoms. The van der Waals surface area contributed by atoms with Crippen LogP contribution in [0.1, 0.15) is 35.6 Å². The average Bonchev–Trinajstić information content (AvgIpc) is 2.49. The molecule has 2 nitrogen and oxygen atoms in total. The van der Waals surface area contributed by atoms with Crippen molar-refractivity contribution in [2.24, 2.45) is 0 Å². The van der Waals surface area contributed by atoms with E-state index in [1.165, 1.54) is 22.3 Å². The number of nitrogens with zero attached hydrogens (tertiary/aromatic N) is 1.